The lowest BCUT2D eigenvalue weighted by molar-refractivity contribution is 0.838. The van der Waals surface area contributed by atoms with Gasteiger partial charge in [0, 0.05) is 6.20 Å². The minimum Gasteiger partial charge on any atom is -0.258 e. The molecule has 0 N–H and O–H groups in total. The summed E-state index contributed by atoms with van der Waals surface area (Å²) in [6, 6.07) is 0. The first-order chi connectivity index (χ1) is 6.25. The Morgan fingerprint density at radius 1 is 1.31 bits per heavy atom. The van der Waals surface area contributed by atoms with Gasteiger partial charge in [-0.05, 0) is 22.6 Å². The summed E-state index contributed by atoms with van der Waals surface area (Å²) in [6.07, 6.45) is 6.68. The van der Waals surface area contributed by atoms with Gasteiger partial charge in [-0.3, -0.25) is 4.98 Å². The third kappa shape index (κ3) is 1.97. The van der Waals surface area contributed by atoms with Crippen LogP contribution in [0, 0.1) is 3.57 Å². The number of nitrogens with zero attached hydrogens (tertiary/aromatic N) is 4. The lowest BCUT2D eigenvalue weighted by atomic mass is 10.6. The van der Waals surface area contributed by atoms with E-state index in [1.807, 2.05) is 6.20 Å². The zero-order valence-electron chi connectivity index (χ0n) is 6.35. The van der Waals surface area contributed by atoms with Crippen LogP contribution in [-0.2, 0) is 0 Å². The highest BCUT2D eigenvalue weighted by molar-refractivity contribution is 14.1. The summed E-state index contributed by atoms with van der Waals surface area (Å²) in [5.74, 6) is 0.621. The Kier molecular flexibility index (Phi) is 2.45. The molecule has 0 radical (unpaired) electrons. The van der Waals surface area contributed by atoms with Crippen LogP contribution < -0.4 is 0 Å². The standard InChI is InChI=1S/C7H4ClIN4/c8-6-2-10-3-7(12-6)13-4-5(9)1-11-13/h1-4H. The maximum atomic E-state index is 5.68. The molecule has 0 bridgehead atoms. The Morgan fingerprint density at radius 3 is 2.77 bits per heavy atom. The second-order valence-electron chi connectivity index (χ2n) is 2.30. The number of halogens is 2. The van der Waals surface area contributed by atoms with Gasteiger partial charge in [0.05, 0.1) is 22.2 Å². The SMILES string of the molecule is Clc1cncc(-n2cc(I)cn2)n1. The highest BCUT2D eigenvalue weighted by Gasteiger charge is 2.00. The summed E-state index contributed by atoms with van der Waals surface area (Å²) in [5, 5.41) is 4.44. The molecule has 2 aromatic heterocycles. The summed E-state index contributed by atoms with van der Waals surface area (Å²) in [6.45, 7) is 0. The lowest BCUT2D eigenvalue weighted by Crippen LogP contribution is -1.98. The Balaban J connectivity index is 2.46. The predicted molar refractivity (Wildman–Crippen MR) is 56.9 cm³/mol. The van der Waals surface area contributed by atoms with Crippen molar-refractivity contribution < 1.29 is 0 Å². The molecule has 0 spiro atoms. The zero-order valence-corrected chi connectivity index (χ0v) is 9.27. The first-order valence-electron chi connectivity index (χ1n) is 3.44. The van der Waals surface area contributed by atoms with Crippen molar-refractivity contribution in [3.8, 4) is 5.82 Å². The molecule has 0 amide bonds. The molecule has 13 heavy (non-hydrogen) atoms. The van der Waals surface area contributed by atoms with Crippen molar-refractivity contribution in [1.82, 2.24) is 19.7 Å². The molecule has 2 rings (SSSR count). The van der Waals surface area contributed by atoms with E-state index >= 15 is 0 Å². The molecule has 66 valence electrons. The minimum atomic E-state index is 0.364. The van der Waals surface area contributed by atoms with Crippen LogP contribution in [0.15, 0.2) is 24.8 Å². The van der Waals surface area contributed by atoms with Crippen LogP contribution in [-0.4, -0.2) is 19.7 Å². The fourth-order valence-corrected chi connectivity index (χ4v) is 1.40. The molecule has 0 aromatic carbocycles. The molecule has 4 nitrogen and oxygen atoms in total. The fraction of sp³-hybridized carbons (Fsp3) is 0. The van der Waals surface area contributed by atoms with Crippen LogP contribution in [0.2, 0.25) is 5.15 Å². The topological polar surface area (TPSA) is 43.6 Å². The van der Waals surface area contributed by atoms with Gasteiger partial charge >= 0.3 is 0 Å². The van der Waals surface area contributed by atoms with Crippen LogP contribution in [0.5, 0.6) is 0 Å². The molecule has 0 fully saturated rings. The Morgan fingerprint density at radius 2 is 2.15 bits per heavy atom. The van der Waals surface area contributed by atoms with E-state index in [9.17, 15) is 0 Å². The van der Waals surface area contributed by atoms with Gasteiger partial charge in [-0.25, -0.2) is 9.67 Å². The van der Waals surface area contributed by atoms with E-state index in [1.54, 1.807) is 17.1 Å². The van der Waals surface area contributed by atoms with Gasteiger partial charge in [0.15, 0.2) is 5.82 Å². The highest BCUT2D eigenvalue weighted by atomic mass is 127. The van der Waals surface area contributed by atoms with E-state index in [1.165, 1.54) is 6.20 Å². The van der Waals surface area contributed by atoms with Crippen LogP contribution in [0.1, 0.15) is 0 Å². The van der Waals surface area contributed by atoms with E-state index in [-0.39, 0.29) is 0 Å². The van der Waals surface area contributed by atoms with Crippen LogP contribution in [0.25, 0.3) is 5.82 Å². The predicted octanol–water partition coefficient (Wildman–Crippen LogP) is 1.92. The number of hydrogen-bond donors (Lipinski definition) is 0. The van der Waals surface area contributed by atoms with Gasteiger partial charge in [0.2, 0.25) is 0 Å². The second kappa shape index (κ2) is 3.59. The van der Waals surface area contributed by atoms with E-state index < -0.39 is 0 Å². The summed E-state index contributed by atoms with van der Waals surface area (Å²) < 4.78 is 2.67. The molecule has 0 saturated carbocycles. The van der Waals surface area contributed by atoms with E-state index in [0.29, 0.717) is 11.0 Å². The van der Waals surface area contributed by atoms with E-state index in [2.05, 4.69) is 37.7 Å². The van der Waals surface area contributed by atoms with Gasteiger partial charge in [-0.1, -0.05) is 11.6 Å². The van der Waals surface area contributed by atoms with Crippen molar-refractivity contribution in [1.29, 1.82) is 0 Å². The lowest BCUT2D eigenvalue weighted by Gasteiger charge is -1.97. The highest BCUT2D eigenvalue weighted by Crippen LogP contribution is 2.08. The Labute approximate surface area is 93.1 Å². The maximum absolute atomic E-state index is 5.68. The summed E-state index contributed by atoms with van der Waals surface area (Å²) in [7, 11) is 0. The number of hydrogen-bond acceptors (Lipinski definition) is 3. The molecule has 0 aliphatic rings. The van der Waals surface area contributed by atoms with Crippen molar-refractivity contribution in [2.75, 3.05) is 0 Å². The van der Waals surface area contributed by atoms with Gasteiger partial charge in [-0.15, -0.1) is 0 Å². The average molecular weight is 306 g/mol. The fourth-order valence-electron chi connectivity index (χ4n) is 0.869. The Hall–Kier alpha value is -0.690. The van der Waals surface area contributed by atoms with Gasteiger partial charge < -0.3 is 0 Å². The molecule has 0 unspecified atom stereocenters. The number of rotatable bonds is 1. The van der Waals surface area contributed by atoms with Crippen LogP contribution >= 0.6 is 34.2 Å². The third-order valence-corrected chi connectivity index (χ3v) is 2.12. The minimum absolute atomic E-state index is 0.364. The molecule has 2 heterocycles. The Bertz CT molecular complexity index is 428. The zero-order chi connectivity index (χ0) is 9.26. The summed E-state index contributed by atoms with van der Waals surface area (Å²) in [5.41, 5.74) is 0. The molecule has 0 atom stereocenters. The molecule has 0 aliphatic heterocycles. The molecule has 0 saturated heterocycles. The van der Waals surface area contributed by atoms with Crippen molar-refractivity contribution in [2.45, 2.75) is 0 Å². The first kappa shape index (κ1) is 8.89. The summed E-state index contributed by atoms with van der Waals surface area (Å²) in [4.78, 5) is 7.97. The first-order valence-corrected chi connectivity index (χ1v) is 4.89. The second-order valence-corrected chi connectivity index (χ2v) is 3.94. The molecule has 0 aliphatic carbocycles. The molecule has 2 aromatic rings. The normalized spacial score (nSPS) is 10.3. The quantitative estimate of drug-likeness (QED) is 0.756. The van der Waals surface area contributed by atoms with Crippen molar-refractivity contribution in [3.05, 3.63) is 33.5 Å². The van der Waals surface area contributed by atoms with Gasteiger partial charge in [0.1, 0.15) is 5.15 Å². The van der Waals surface area contributed by atoms with E-state index in [4.69, 9.17) is 11.6 Å². The number of aromatic nitrogens is 4. The summed E-state index contributed by atoms with van der Waals surface area (Å²) >= 11 is 7.86. The smallest absolute Gasteiger partial charge is 0.173 e. The van der Waals surface area contributed by atoms with Crippen LogP contribution in [0.3, 0.4) is 0 Å². The van der Waals surface area contributed by atoms with Crippen LogP contribution in [0.4, 0.5) is 0 Å². The van der Waals surface area contributed by atoms with Crippen molar-refractivity contribution in [3.63, 3.8) is 0 Å². The van der Waals surface area contributed by atoms with Gasteiger partial charge in [-0.2, -0.15) is 5.10 Å². The van der Waals surface area contributed by atoms with E-state index in [0.717, 1.165) is 3.57 Å². The monoisotopic (exact) mass is 306 g/mol. The largest absolute Gasteiger partial charge is 0.258 e. The van der Waals surface area contributed by atoms with Crippen molar-refractivity contribution in [2.24, 2.45) is 0 Å². The van der Waals surface area contributed by atoms with Gasteiger partial charge in [0.25, 0.3) is 0 Å². The molecular formula is C7H4ClIN4. The third-order valence-electron chi connectivity index (χ3n) is 1.38. The maximum Gasteiger partial charge on any atom is 0.173 e. The van der Waals surface area contributed by atoms with Crippen molar-refractivity contribution >= 4 is 34.2 Å². The molecular weight excluding hydrogens is 302 g/mol. The average Bonchev–Trinajstić information content (AvgIpc) is 2.52. The molecule has 6 heteroatoms.